The summed E-state index contributed by atoms with van der Waals surface area (Å²) in [4.78, 5) is 27.4. The van der Waals surface area contributed by atoms with Crippen LogP contribution in [0.1, 0.15) is 24.8 Å². The molecule has 1 fully saturated rings. The van der Waals surface area contributed by atoms with Crippen LogP contribution in [0.25, 0.3) is 10.8 Å². The number of hydrogen-bond acceptors (Lipinski definition) is 7. The van der Waals surface area contributed by atoms with Crippen LogP contribution in [0.15, 0.2) is 44.6 Å². The highest BCUT2D eigenvalue weighted by atomic mass is 79.9. The zero-order valence-corrected chi connectivity index (χ0v) is 18.7. The topological polar surface area (TPSA) is 97.6 Å². The van der Waals surface area contributed by atoms with Gasteiger partial charge in [-0.05, 0) is 65.5 Å². The molecule has 1 saturated heterocycles. The van der Waals surface area contributed by atoms with Gasteiger partial charge in [0.05, 0.1) is 15.8 Å². The van der Waals surface area contributed by atoms with Crippen LogP contribution in [0.3, 0.4) is 0 Å². The van der Waals surface area contributed by atoms with E-state index in [-0.39, 0.29) is 18.3 Å². The van der Waals surface area contributed by atoms with Gasteiger partial charge in [0.2, 0.25) is 5.89 Å². The number of nitrogens with zero attached hydrogens (tertiary/aromatic N) is 3. The zero-order chi connectivity index (χ0) is 21.3. The third kappa shape index (κ3) is 4.10. The Morgan fingerprint density at radius 2 is 1.97 bits per heavy atom. The Hall–Kier alpha value is -2.72. The molecule has 3 heterocycles. The van der Waals surface area contributed by atoms with Crippen molar-refractivity contribution < 1.29 is 18.7 Å². The van der Waals surface area contributed by atoms with Gasteiger partial charge in [0, 0.05) is 0 Å². The smallest absolute Gasteiger partial charge is 0.325 e. The average molecular weight is 491 g/mol. The summed E-state index contributed by atoms with van der Waals surface area (Å²) in [5.41, 5.74) is 0.0690. The van der Waals surface area contributed by atoms with Gasteiger partial charge in [-0.3, -0.25) is 9.69 Å². The first-order valence-electron chi connectivity index (χ1n) is 9.23. The standard InChI is InChI=1S/C20H19BrN4O4S/c1-20(10-9-12-3-5-13(28-2)6-4-12)18(26)25(19(27)22-20)11-16-23-24-17(29-16)14-7-8-15(21)30-14/h3-8H,9-11H2,1-2H3,(H,22,27). The van der Waals surface area contributed by atoms with E-state index in [2.05, 4.69) is 31.4 Å². The van der Waals surface area contributed by atoms with Gasteiger partial charge in [-0.15, -0.1) is 21.5 Å². The van der Waals surface area contributed by atoms with Crippen molar-refractivity contribution in [1.29, 1.82) is 0 Å². The molecule has 1 N–H and O–H groups in total. The second-order valence-electron chi connectivity index (χ2n) is 7.11. The highest BCUT2D eigenvalue weighted by Gasteiger charge is 2.47. The lowest BCUT2D eigenvalue weighted by molar-refractivity contribution is -0.131. The van der Waals surface area contributed by atoms with Gasteiger partial charge in [0.15, 0.2) is 0 Å². The van der Waals surface area contributed by atoms with Crippen molar-refractivity contribution in [2.24, 2.45) is 0 Å². The fraction of sp³-hybridized carbons (Fsp3) is 0.300. The van der Waals surface area contributed by atoms with E-state index in [4.69, 9.17) is 9.15 Å². The summed E-state index contributed by atoms with van der Waals surface area (Å²) in [5, 5.41) is 10.8. The van der Waals surface area contributed by atoms with Gasteiger partial charge in [-0.2, -0.15) is 0 Å². The number of thiophene rings is 1. The number of nitrogens with one attached hydrogen (secondary N) is 1. The number of amides is 3. The molecular weight excluding hydrogens is 472 g/mol. The first kappa shape index (κ1) is 20.5. The second kappa shape index (κ2) is 8.19. The molecule has 10 heteroatoms. The molecule has 30 heavy (non-hydrogen) atoms. The molecule has 1 aromatic carbocycles. The van der Waals surface area contributed by atoms with Crippen molar-refractivity contribution in [3.63, 3.8) is 0 Å². The fourth-order valence-corrected chi connectivity index (χ4v) is 4.54. The maximum absolute atomic E-state index is 13.0. The number of halogens is 1. The average Bonchev–Trinajstić information content (AvgIpc) is 3.43. The van der Waals surface area contributed by atoms with Crippen molar-refractivity contribution in [2.45, 2.75) is 31.8 Å². The molecule has 4 rings (SSSR count). The number of urea groups is 1. The Bertz CT molecular complexity index is 1080. The third-order valence-corrected chi connectivity index (χ3v) is 6.57. The molecule has 2 aromatic heterocycles. The molecule has 0 spiro atoms. The van der Waals surface area contributed by atoms with Crippen molar-refractivity contribution in [3.8, 4) is 16.5 Å². The predicted molar refractivity (Wildman–Crippen MR) is 114 cm³/mol. The van der Waals surface area contributed by atoms with Crippen LogP contribution >= 0.6 is 27.3 Å². The van der Waals surface area contributed by atoms with E-state index >= 15 is 0 Å². The molecule has 0 saturated carbocycles. The van der Waals surface area contributed by atoms with Gasteiger partial charge < -0.3 is 14.5 Å². The van der Waals surface area contributed by atoms with Crippen LogP contribution in [0, 0.1) is 0 Å². The number of rotatable bonds is 7. The molecule has 3 aromatic rings. The molecule has 8 nitrogen and oxygen atoms in total. The van der Waals surface area contributed by atoms with Gasteiger partial charge in [0.25, 0.3) is 11.8 Å². The number of imide groups is 1. The summed E-state index contributed by atoms with van der Waals surface area (Å²) in [6.45, 7) is 1.67. The summed E-state index contributed by atoms with van der Waals surface area (Å²) in [6, 6.07) is 10.9. The van der Waals surface area contributed by atoms with E-state index in [1.807, 2.05) is 36.4 Å². The Labute approximate surface area is 185 Å². The first-order valence-corrected chi connectivity index (χ1v) is 10.8. The number of carbonyl (C=O) groups excluding carboxylic acids is 2. The molecule has 0 radical (unpaired) electrons. The number of aromatic nitrogens is 2. The SMILES string of the molecule is COc1ccc(CCC2(C)NC(=O)N(Cc3nnc(-c4ccc(Br)s4)o3)C2=O)cc1. The zero-order valence-electron chi connectivity index (χ0n) is 16.3. The molecule has 156 valence electrons. The molecule has 0 aliphatic carbocycles. The molecule has 1 atom stereocenters. The minimum absolute atomic E-state index is 0.0671. The Balaban J connectivity index is 1.42. The summed E-state index contributed by atoms with van der Waals surface area (Å²) < 4.78 is 11.7. The number of carbonyl (C=O) groups is 2. The minimum Gasteiger partial charge on any atom is -0.497 e. The number of aryl methyl sites for hydroxylation is 1. The molecule has 1 aliphatic rings. The van der Waals surface area contributed by atoms with E-state index in [0.29, 0.717) is 18.7 Å². The second-order valence-corrected chi connectivity index (χ2v) is 9.57. The fourth-order valence-electron chi connectivity index (χ4n) is 3.23. The molecule has 0 bridgehead atoms. The minimum atomic E-state index is -0.988. The molecule has 3 amide bonds. The molecule has 1 aliphatic heterocycles. The first-order chi connectivity index (χ1) is 14.4. The van der Waals surface area contributed by atoms with Crippen LogP contribution in [0.2, 0.25) is 0 Å². The van der Waals surface area contributed by atoms with E-state index < -0.39 is 11.6 Å². The van der Waals surface area contributed by atoms with Crippen molar-refractivity contribution in [3.05, 3.63) is 51.6 Å². The number of hydrogen-bond donors (Lipinski definition) is 1. The summed E-state index contributed by atoms with van der Waals surface area (Å²) >= 11 is 4.85. The van der Waals surface area contributed by atoms with Gasteiger partial charge in [-0.1, -0.05) is 12.1 Å². The monoisotopic (exact) mass is 490 g/mol. The van der Waals surface area contributed by atoms with E-state index in [1.165, 1.54) is 11.3 Å². The van der Waals surface area contributed by atoms with Gasteiger partial charge in [0.1, 0.15) is 17.8 Å². The lowest BCUT2D eigenvalue weighted by Crippen LogP contribution is -2.44. The number of benzene rings is 1. The quantitative estimate of drug-likeness (QED) is 0.502. The third-order valence-electron chi connectivity index (χ3n) is 4.96. The normalized spacial score (nSPS) is 18.7. The highest BCUT2D eigenvalue weighted by molar-refractivity contribution is 9.11. The summed E-state index contributed by atoms with van der Waals surface area (Å²) in [5.74, 6) is 1.03. The lowest BCUT2D eigenvalue weighted by Gasteiger charge is -2.21. The van der Waals surface area contributed by atoms with E-state index in [0.717, 1.165) is 24.9 Å². The van der Waals surface area contributed by atoms with E-state index in [9.17, 15) is 9.59 Å². The van der Waals surface area contributed by atoms with Gasteiger partial charge >= 0.3 is 6.03 Å². The van der Waals surface area contributed by atoms with Crippen molar-refractivity contribution in [1.82, 2.24) is 20.4 Å². The van der Waals surface area contributed by atoms with Crippen molar-refractivity contribution >= 4 is 39.2 Å². The van der Waals surface area contributed by atoms with Crippen LogP contribution in [-0.2, 0) is 17.8 Å². The van der Waals surface area contributed by atoms with Crippen LogP contribution in [-0.4, -0.2) is 39.7 Å². The largest absolute Gasteiger partial charge is 0.497 e. The van der Waals surface area contributed by atoms with E-state index in [1.54, 1.807) is 14.0 Å². The maximum atomic E-state index is 13.0. The summed E-state index contributed by atoms with van der Waals surface area (Å²) in [6.07, 6.45) is 1.11. The van der Waals surface area contributed by atoms with Crippen molar-refractivity contribution in [2.75, 3.05) is 7.11 Å². The molecule has 1 unspecified atom stereocenters. The Morgan fingerprint density at radius 1 is 1.20 bits per heavy atom. The Morgan fingerprint density at radius 3 is 2.63 bits per heavy atom. The maximum Gasteiger partial charge on any atom is 0.325 e. The lowest BCUT2D eigenvalue weighted by atomic mass is 9.93. The Kier molecular flexibility index (Phi) is 5.61. The molecular formula is C20H19BrN4O4S. The predicted octanol–water partition coefficient (Wildman–Crippen LogP) is 4.01. The number of ether oxygens (including phenoxy) is 1. The van der Waals surface area contributed by atoms with Gasteiger partial charge in [-0.25, -0.2) is 4.79 Å². The van der Waals surface area contributed by atoms with Crippen LogP contribution < -0.4 is 10.1 Å². The van der Waals surface area contributed by atoms with Crippen LogP contribution in [0.4, 0.5) is 4.79 Å². The van der Waals surface area contributed by atoms with Crippen LogP contribution in [0.5, 0.6) is 5.75 Å². The highest BCUT2D eigenvalue weighted by Crippen LogP contribution is 2.31. The summed E-state index contributed by atoms with van der Waals surface area (Å²) in [7, 11) is 1.61. The number of methoxy groups -OCH3 is 1.